The van der Waals surface area contributed by atoms with Crippen LogP contribution in [0.1, 0.15) is 50.7 Å². The van der Waals surface area contributed by atoms with E-state index in [9.17, 15) is 0 Å². The monoisotopic (exact) mass is 260 g/mol. The molecular formula is C17H28N2. The highest BCUT2D eigenvalue weighted by molar-refractivity contribution is 5.27. The van der Waals surface area contributed by atoms with Gasteiger partial charge in [0.05, 0.1) is 0 Å². The Labute approximate surface area is 118 Å². The van der Waals surface area contributed by atoms with E-state index < -0.39 is 0 Å². The third-order valence-electron chi connectivity index (χ3n) is 3.95. The SMILES string of the molecule is CCCCN(CC)Cc1ccccc1CNC1CC1. The summed E-state index contributed by atoms with van der Waals surface area (Å²) in [4.78, 5) is 2.56. The lowest BCUT2D eigenvalue weighted by molar-refractivity contribution is 0.274. The third-order valence-corrected chi connectivity index (χ3v) is 3.95. The van der Waals surface area contributed by atoms with Crippen LogP contribution in [-0.4, -0.2) is 24.0 Å². The molecule has 1 aliphatic carbocycles. The number of hydrogen-bond donors (Lipinski definition) is 1. The molecule has 0 saturated heterocycles. The minimum absolute atomic E-state index is 0.787. The van der Waals surface area contributed by atoms with Gasteiger partial charge in [-0.15, -0.1) is 0 Å². The molecule has 1 saturated carbocycles. The zero-order valence-electron chi connectivity index (χ0n) is 12.5. The fourth-order valence-corrected chi connectivity index (χ4v) is 2.40. The first-order chi connectivity index (χ1) is 9.33. The smallest absolute Gasteiger partial charge is 0.0236 e. The predicted molar refractivity (Wildman–Crippen MR) is 82.2 cm³/mol. The first-order valence-corrected chi connectivity index (χ1v) is 7.86. The number of benzene rings is 1. The summed E-state index contributed by atoms with van der Waals surface area (Å²) in [6, 6.07) is 9.69. The van der Waals surface area contributed by atoms with Crippen LogP contribution in [0.25, 0.3) is 0 Å². The minimum atomic E-state index is 0.787. The van der Waals surface area contributed by atoms with Gasteiger partial charge in [-0.3, -0.25) is 4.90 Å². The van der Waals surface area contributed by atoms with E-state index in [1.807, 2.05) is 0 Å². The van der Waals surface area contributed by atoms with Crippen LogP contribution in [-0.2, 0) is 13.1 Å². The van der Waals surface area contributed by atoms with Crippen LogP contribution in [0.2, 0.25) is 0 Å². The Morgan fingerprint density at radius 1 is 1.16 bits per heavy atom. The Morgan fingerprint density at radius 2 is 1.89 bits per heavy atom. The van der Waals surface area contributed by atoms with E-state index >= 15 is 0 Å². The molecule has 0 spiro atoms. The van der Waals surface area contributed by atoms with E-state index in [-0.39, 0.29) is 0 Å². The molecule has 0 amide bonds. The van der Waals surface area contributed by atoms with E-state index in [1.165, 1.54) is 43.4 Å². The fraction of sp³-hybridized carbons (Fsp3) is 0.647. The number of hydrogen-bond acceptors (Lipinski definition) is 2. The van der Waals surface area contributed by atoms with E-state index in [1.54, 1.807) is 0 Å². The van der Waals surface area contributed by atoms with Gasteiger partial charge in [0.1, 0.15) is 0 Å². The van der Waals surface area contributed by atoms with Gasteiger partial charge in [-0.05, 0) is 43.5 Å². The largest absolute Gasteiger partial charge is 0.310 e. The van der Waals surface area contributed by atoms with Gasteiger partial charge in [0.15, 0.2) is 0 Å². The minimum Gasteiger partial charge on any atom is -0.310 e. The summed E-state index contributed by atoms with van der Waals surface area (Å²) in [5.41, 5.74) is 2.97. The average Bonchev–Trinajstić information content (AvgIpc) is 3.26. The maximum absolute atomic E-state index is 3.63. The van der Waals surface area contributed by atoms with E-state index in [2.05, 4.69) is 48.3 Å². The van der Waals surface area contributed by atoms with Crippen molar-refractivity contribution in [3.8, 4) is 0 Å². The van der Waals surface area contributed by atoms with Crippen LogP contribution in [0.5, 0.6) is 0 Å². The van der Waals surface area contributed by atoms with Crippen LogP contribution >= 0.6 is 0 Å². The summed E-state index contributed by atoms with van der Waals surface area (Å²) < 4.78 is 0. The maximum atomic E-state index is 3.63. The molecule has 1 aromatic carbocycles. The standard InChI is InChI=1S/C17H28N2/c1-3-5-12-19(4-2)14-16-9-7-6-8-15(16)13-18-17-10-11-17/h6-9,17-18H,3-5,10-14H2,1-2H3. The van der Waals surface area contributed by atoms with Crippen LogP contribution in [0.15, 0.2) is 24.3 Å². The predicted octanol–water partition coefficient (Wildman–Crippen LogP) is 3.56. The summed E-state index contributed by atoms with van der Waals surface area (Å²) >= 11 is 0. The molecule has 0 unspecified atom stereocenters. The van der Waals surface area contributed by atoms with Crippen molar-refractivity contribution in [2.24, 2.45) is 0 Å². The molecule has 0 radical (unpaired) electrons. The van der Waals surface area contributed by atoms with Gasteiger partial charge >= 0.3 is 0 Å². The third kappa shape index (κ3) is 4.96. The molecule has 2 rings (SSSR count). The Balaban J connectivity index is 1.92. The van der Waals surface area contributed by atoms with Gasteiger partial charge in [0.25, 0.3) is 0 Å². The van der Waals surface area contributed by atoms with Gasteiger partial charge in [0, 0.05) is 19.1 Å². The van der Waals surface area contributed by atoms with Crippen molar-refractivity contribution in [2.45, 2.75) is 58.7 Å². The second-order valence-electron chi connectivity index (χ2n) is 5.65. The number of nitrogens with one attached hydrogen (secondary N) is 1. The summed E-state index contributed by atoms with van der Waals surface area (Å²) in [5.74, 6) is 0. The Bertz CT molecular complexity index is 371. The van der Waals surface area contributed by atoms with Crippen molar-refractivity contribution in [1.29, 1.82) is 0 Å². The molecule has 0 aliphatic heterocycles. The van der Waals surface area contributed by atoms with Crippen molar-refractivity contribution in [1.82, 2.24) is 10.2 Å². The van der Waals surface area contributed by atoms with Crippen LogP contribution in [0, 0.1) is 0 Å². The molecule has 1 aliphatic rings. The first kappa shape index (κ1) is 14.5. The Kier molecular flexibility index (Phi) is 5.87. The van der Waals surface area contributed by atoms with Crippen LogP contribution in [0.3, 0.4) is 0 Å². The lowest BCUT2D eigenvalue weighted by atomic mass is 10.1. The molecule has 1 aromatic rings. The van der Waals surface area contributed by atoms with Gasteiger partial charge in [-0.25, -0.2) is 0 Å². The first-order valence-electron chi connectivity index (χ1n) is 7.86. The van der Waals surface area contributed by atoms with Gasteiger partial charge in [0.2, 0.25) is 0 Å². The quantitative estimate of drug-likeness (QED) is 0.730. The molecule has 0 heterocycles. The summed E-state index contributed by atoms with van der Waals surface area (Å²) in [5, 5.41) is 3.63. The van der Waals surface area contributed by atoms with Crippen LogP contribution in [0.4, 0.5) is 0 Å². The van der Waals surface area contributed by atoms with Crippen LogP contribution < -0.4 is 5.32 Å². The van der Waals surface area contributed by atoms with Gasteiger partial charge in [-0.1, -0.05) is 44.5 Å². The summed E-state index contributed by atoms with van der Waals surface area (Å²) in [6.45, 7) is 9.02. The van der Waals surface area contributed by atoms with Gasteiger partial charge < -0.3 is 5.32 Å². The highest BCUT2D eigenvalue weighted by Crippen LogP contribution is 2.20. The Morgan fingerprint density at radius 3 is 2.53 bits per heavy atom. The van der Waals surface area contributed by atoms with Crippen molar-refractivity contribution >= 4 is 0 Å². The van der Waals surface area contributed by atoms with Crippen molar-refractivity contribution < 1.29 is 0 Å². The molecule has 19 heavy (non-hydrogen) atoms. The molecule has 2 heteroatoms. The highest BCUT2D eigenvalue weighted by Gasteiger charge is 2.20. The molecule has 1 fully saturated rings. The summed E-state index contributed by atoms with van der Waals surface area (Å²) in [7, 11) is 0. The summed E-state index contributed by atoms with van der Waals surface area (Å²) in [6.07, 6.45) is 5.30. The lowest BCUT2D eigenvalue weighted by Crippen LogP contribution is -2.25. The molecule has 1 N–H and O–H groups in total. The van der Waals surface area contributed by atoms with Crippen molar-refractivity contribution in [3.05, 3.63) is 35.4 Å². The van der Waals surface area contributed by atoms with Crippen molar-refractivity contribution in [3.63, 3.8) is 0 Å². The topological polar surface area (TPSA) is 15.3 Å². The molecular weight excluding hydrogens is 232 g/mol. The molecule has 0 bridgehead atoms. The fourth-order valence-electron chi connectivity index (χ4n) is 2.40. The van der Waals surface area contributed by atoms with E-state index in [0.29, 0.717) is 0 Å². The maximum Gasteiger partial charge on any atom is 0.0236 e. The lowest BCUT2D eigenvalue weighted by Gasteiger charge is -2.22. The van der Waals surface area contributed by atoms with Gasteiger partial charge in [-0.2, -0.15) is 0 Å². The normalized spacial score (nSPS) is 15.1. The van der Waals surface area contributed by atoms with Crippen molar-refractivity contribution in [2.75, 3.05) is 13.1 Å². The number of unbranched alkanes of at least 4 members (excludes halogenated alkanes) is 1. The molecule has 2 nitrogen and oxygen atoms in total. The molecule has 106 valence electrons. The average molecular weight is 260 g/mol. The second kappa shape index (κ2) is 7.66. The number of rotatable bonds is 9. The molecule has 0 aromatic heterocycles. The number of nitrogens with zero attached hydrogens (tertiary/aromatic N) is 1. The highest BCUT2D eigenvalue weighted by atomic mass is 15.1. The Hall–Kier alpha value is -0.860. The molecule has 0 atom stereocenters. The van der Waals surface area contributed by atoms with E-state index in [0.717, 1.165) is 25.7 Å². The zero-order chi connectivity index (χ0) is 13.5. The van der Waals surface area contributed by atoms with E-state index in [4.69, 9.17) is 0 Å². The second-order valence-corrected chi connectivity index (χ2v) is 5.65. The zero-order valence-corrected chi connectivity index (χ0v) is 12.5.